The predicted molar refractivity (Wildman–Crippen MR) is 150 cm³/mol. The lowest BCUT2D eigenvalue weighted by molar-refractivity contribution is -0.148. The Morgan fingerprint density at radius 1 is 0.949 bits per heavy atom. The Balaban J connectivity index is 1.44. The van der Waals surface area contributed by atoms with Gasteiger partial charge in [-0.15, -0.1) is 0 Å². The summed E-state index contributed by atoms with van der Waals surface area (Å²) in [5, 5.41) is 5.89. The van der Waals surface area contributed by atoms with Crippen molar-refractivity contribution in [3.05, 3.63) is 114 Å². The Labute approximate surface area is 229 Å². The second-order valence-electron chi connectivity index (χ2n) is 9.44. The van der Waals surface area contributed by atoms with Crippen LogP contribution < -0.4 is 15.4 Å². The molecule has 0 radical (unpaired) electrons. The first-order chi connectivity index (χ1) is 19.0. The molecule has 1 aliphatic carbocycles. The molecule has 3 aromatic carbocycles. The molecule has 2 N–H and O–H groups in total. The van der Waals surface area contributed by atoms with Crippen molar-refractivity contribution in [2.45, 2.75) is 30.6 Å². The molecule has 4 rings (SSSR count). The van der Waals surface area contributed by atoms with Crippen molar-refractivity contribution in [1.82, 2.24) is 10.6 Å². The van der Waals surface area contributed by atoms with E-state index in [0.717, 1.165) is 16.7 Å². The van der Waals surface area contributed by atoms with Crippen molar-refractivity contribution < 1.29 is 23.9 Å². The molecule has 0 saturated heterocycles. The van der Waals surface area contributed by atoms with Gasteiger partial charge in [0, 0.05) is 13.1 Å². The monoisotopic (exact) mass is 526 g/mol. The molecule has 202 valence electrons. The number of rotatable bonds is 11. The van der Waals surface area contributed by atoms with Crippen molar-refractivity contribution in [3.8, 4) is 5.75 Å². The van der Waals surface area contributed by atoms with E-state index in [2.05, 4.69) is 17.2 Å². The van der Waals surface area contributed by atoms with E-state index in [0.29, 0.717) is 43.7 Å². The Hall–Kier alpha value is -4.39. The van der Waals surface area contributed by atoms with Crippen LogP contribution in [0.15, 0.2) is 91.5 Å². The molecule has 0 bridgehead atoms. The van der Waals surface area contributed by atoms with Gasteiger partial charge >= 0.3 is 5.97 Å². The third kappa shape index (κ3) is 5.87. The van der Waals surface area contributed by atoms with Gasteiger partial charge in [-0.25, -0.2) is 0 Å². The van der Waals surface area contributed by atoms with Crippen LogP contribution in [0.1, 0.15) is 52.2 Å². The minimum atomic E-state index is -1.000. The number of hydrogen-bond donors (Lipinski definition) is 2. The number of hydrogen-bond acceptors (Lipinski definition) is 5. The van der Waals surface area contributed by atoms with Gasteiger partial charge in [0.15, 0.2) is 0 Å². The molecule has 2 unspecified atom stereocenters. The zero-order valence-corrected chi connectivity index (χ0v) is 22.2. The second kappa shape index (κ2) is 12.9. The fourth-order valence-corrected chi connectivity index (χ4v) is 5.28. The van der Waals surface area contributed by atoms with Gasteiger partial charge in [-0.3, -0.25) is 14.4 Å². The van der Waals surface area contributed by atoms with Crippen molar-refractivity contribution in [2.75, 3.05) is 26.8 Å². The summed E-state index contributed by atoms with van der Waals surface area (Å²) in [6.45, 7) is 4.61. The zero-order valence-electron chi connectivity index (χ0n) is 22.2. The Morgan fingerprint density at radius 3 is 2.41 bits per heavy atom. The molecule has 7 nitrogen and oxygen atoms in total. The lowest BCUT2D eigenvalue weighted by Crippen LogP contribution is -2.45. The van der Waals surface area contributed by atoms with E-state index >= 15 is 0 Å². The number of amides is 2. The number of benzene rings is 3. The quantitative estimate of drug-likeness (QED) is 0.218. The van der Waals surface area contributed by atoms with E-state index in [1.165, 1.54) is 7.11 Å². The third-order valence-corrected chi connectivity index (χ3v) is 7.16. The van der Waals surface area contributed by atoms with E-state index in [4.69, 9.17) is 9.47 Å². The van der Waals surface area contributed by atoms with Crippen LogP contribution in [-0.4, -0.2) is 44.6 Å². The van der Waals surface area contributed by atoms with Crippen LogP contribution in [0.5, 0.6) is 5.75 Å². The van der Waals surface area contributed by atoms with E-state index in [1.54, 1.807) is 24.3 Å². The fourth-order valence-electron chi connectivity index (χ4n) is 5.28. The number of carbonyl (C=O) groups is 3. The Bertz CT molecular complexity index is 1320. The Kier molecular flexibility index (Phi) is 9.15. The molecule has 39 heavy (non-hydrogen) atoms. The lowest BCUT2D eigenvalue weighted by atomic mass is 9.63. The first-order valence-corrected chi connectivity index (χ1v) is 13.1. The first kappa shape index (κ1) is 27.6. The summed E-state index contributed by atoms with van der Waals surface area (Å²) < 4.78 is 10.8. The van der Waals surface area contributed by atoms with Crippen LogP contribution in [0.4, 0.5) is 0 Å². The van der Waals surface area contributed by atoms with Crippen molar-refractivity contribution in [1.29, 1.82) is 0 Å². The number of fused-ring (bicyclic) bond motifs is 1. The van der Waals surface area contributed by atoms with Crippen LogP contribution in [-0.2, 0) is 19.7 Å². The van der Waals surface area contributed by atoms with Crippen LogP contribution in [0, 0.1) is 0 Å². The summed E-state index contributed by atoms with van der Waals surface area (Å²) in [4.78, 5) is 39.3. The molecule has 0 heterocycles. The number of para-hydroxylation sites is 1. The maximum atomic E-state index is 13.5. The summed E-state index contributed by atoms with van der Waals surface area (Å²) in [7, 11) is 1.53. The summed E-state index contributed by atoms with van der Waals surface area (Å²) in [5.41, 5.74) is 1.93. The number of nitrogens with one attached hydrogen (secondary N) is 2. The van der Waals surface area contributed by atoms with Gasteiger partial charge in [0.2, 0.25) is 5.91 Å². The summed E-state index contributed by atoms with van der Waals surface area (Å²) in [6, 6.07) is 24.3. The summed E-state index contributed by atoms with van der Waals surface area (Å²) in [6.07, 6.45) is 3.06. The van der Waals surface area contributed by atoms with Gasteiger partial charge in [-0.05, 0) is 48.1 Å². The molecule has 7 heteroatoms. The maximum absolute atomic E-state index is 13.5. The van der Waals surface area contributed by atoms with Crippen molar-refractivity contribution >= 4 is 17.8 Å². The van der Waals surface area contributed by atoms with Crippen molar-refractivity contribution in [2.24, 2.45) is 0 Å². The minimum Gasteiger partial charge on any atom is -0.496 e. The van der Waals surface area contributed by atoms with Gasteiger partial charge in [-0.1, -0.05) is 79.4 Å². The highest BCUT2D eigenvalue weighted by molar-refractivity contribution is 5.97. The van der Waals surface area contributed by atoms with Gasteiger partial charge in [0.1, 0.15) is 17.8 Å². The van der Waals surface area contributed by atoms with E-state index in [-0.39, 0.29) is 24.4 Å². The smallest absolute Gasteiger partial charge is 0.321 e. The summed E-state index contributed by atoms with van der Waals surface area (Å²) in [5.74, 6) is -0.543. The highest BCUT2D eigenvalue weighted by Crippen LogP contribution is 2.47. The number of carbonyl (C=O) groups excluding carboxylic acids is 3. The molecule has 0 spiro atoms. The van der Waals surface area contributed by atoms with E-state index < -0.39 is 11.3 Å². The van der Waals surface area contributed by atoms with Crippen LogP contribution in [0.25, 0.3) is 0 Å². The first-order valence-electron chi connectivity index (χ1n) is 13.1. The molecule has 3 aromatic rings. The lowest BCUT2D eigenvalue weighted by Gasteiger charge is -2.40. The normalized spacial score (nSPS) is 17.8. The SMILES string of the molecule is C=CCOC(=O)C1(c2ccccc2)CCC(C(=O)NCCCNC(=O)c2ccccc2OC)c2ccccc21. The molecule has 0 saturated carbocycles. The van der Waals surface area contributed by atoms with Gasteiger partial charge in [0.25, 0.3) is 5.91 Å². The molecule has 0 fully saturated rings. The molecule has 0 aromatic heterocycles. The van der Waals surface area contributed by atoms with Gasteiger partial charge < -0.3 is 20.1 Å². The number of methoxy groups -OCH3 is 1. The average molecular weight is 527 g/mol. The van der Waals surface area contributed by atoms with E-state index in [9.17, 15) is 14.4 Å². The van der Waals surface area contributed by atoms with Crippen LogP contribution in [0.3, 0.4) is 0 Å². The molecule has 0 aliphatic heterocycles. The minimum absolute atomic E-state index is 0.0976. The maximum Gasteiger partial charge on any atom is 0.321 e. The third-order valence-electron chi connectivity index (χ3n) is 7.16. The molecular weight excluding hydrogens is 492 g/mol. The molecule has 2 atom stereocenters. The largest absolute Gasteiger partial charge is 0.496 e. The summed E-state index contributed by atoms with van der Waals surface area (Å²) >= 11 is 0. The van der Waals surface area contributed by atoms with Crippen molar-refractivity contribution in [3.63, 3.8) is 0 Å². The highest BCUT2D eigenvalue weighted by Gasteiger charge is 2.49. The topological polar surface area (TPSA) is 93.7 Å². The number of ether oxygens (including phenoxy) is 2. The average Bonchev–Trinajstić information content (AvgIpc) is 2.99. The van der Waals surface area contributed by atoms with Gasteiger partial charge in [-0.2, -0.15) is 0 Å². The highest BCUT2D eigenvalue weighted by atomic mass is 16.5. The second-order valence-corrected chi connectivity index (χ2v) is 9.44. The molecule has 1 aliphatic rings. The van der Waals surface area contributed by atoms with Crippen LogP contribution in [0.2, 0.25) is 0 Å². The zero-order chi connectivity index (χ0) is 27.7. The Morgan fingerprint density at radius 2 is 1.64 bits per heavy atom. The predicted octanol–water partition coefficient (Wildman–Crippen LogP) is 4.52. The van der Waals surface area contributed by atoms with E-state index in [1.807, 2.05) is 60.7 Å². The number of esters is 1. The molecule has 2 amide bonds. The molecular formula is C32H34N2O5. The van der Waals surface area contributed by atoms with Crippen LogP contribution >= 0.6 is 0 Å². The standard InChI is InChI=1S/C32H34N2O5/c1-3-22-39-31(37)32(23-12-5-4-6-13-23)19-18-25(24-14-7-9-16-27(24)32)29(35)33-20-11-21-34-30(36)26-15-8-10-17-28(26)38-2/h3-10,12-17,25H,1,11,18-22H2,2H3,(H,33,35)(H,34,36). The fraction of sp³-hybridized carbons (Fsp3) is 0.281. The van der Waals surface area contributed by atoms with Gasteiger partial charge in [0.05, 0.1) is 18.6 Å².